The fourth-order valence-corrected chi connectivity index (χ4v) is 0. The van der Waals surface area contributed by atoms with E-state index in [1.807, 2.05) is 0 Å². The third kappa shape index (κ3) is 47.5. The Labute approximate surface area is 151 Å². The van der Waals surface area contributed by atoms with Crippen LogP contribution in [0.4, 0.5) is 0 Å². The monoisotopic (exact) mass is 526 g/mol. The molecule has 0 aromatic rings. The summed E-state index contributed by atoms with van der Waals surface area (Å²) in [4.78, 5) is 0. The first kappa shape index (κ1) is 83.4. The first-order valence-corrected chi connectivity index (χ1v) is 0. The summed E-state index contributed by atoms with van der Waals surface area (Å²) in [6, 6.07) is 0. The van der Waals surface area contributed by atoms with Crippen molar-refractivity contribution in [2.24, 2.45) is 0 Å². The summed E-state index contributed by atoms with van der Waals surface area (Å²) in [5.74, 6) is 0. The van der Waals surface area contributed by atoms with Gasteiger partial charge >= 0.3 is 79.9 Å². The summed E-state index contributed by atoms with van der Waals surface area (Å²) < 4.78 is 0. The van der Waals surface area contributed by atoms with Crippen molar-refractivity contribution < 1.29 is 154 Å². The second-order valence-electron chi connectivity index (χ2n) is 0. The largest absolute Gasteiger partial charge is 3.00 e. The first-order chi connectivity index (χ1) is 0. The molecule has 0 fully saturated rings. The maximum absolute atomic E-state index is 0. The molecule has 0 aromatic carbocycles. The van der Waals surface area contributed by atoms with Gasteiger partial charge in [0.1, 0.15) is 0 Å². The van der Waals surface area contributed by atoms with Crippen molar-refractivity contribution in [3.8, 4) is 0 Å². The van der Waals surface area contributed by atoms with E-state index < -0.39 is 0 Å². The fourth-order valence-electron chi connectivity index (χ4n) is 0. The van der Waals surface area contributed by atoms with Gasteiger partial charge in [0.2, 0.25) is 0 Å². The summed E-state index contributed by atoms with van der Waals surface area (Å²) in [6.45, 7) is 0. The number of hydrogen-bond acceptors (Lipinski definition) is 0. The van der Waals surface area contributed by atoms with Crippen molar-refractivity contribution in [1.82, 2.24) is 0 Å². The molecule has 0 aromatic heterocycles. The van der Waals surface area contributed by atoms with Gasteiger partial charge in [-0.05, 0) is 0 Å². The fraction of sp³-hybridized carbons (Fsp3) is 0. The normalized spacial score (nSPS) is 0. The molecule has 8 heteroatoms. The van der Waals surface area contributed by atoms with Gasteiger partial charge < -0.3 is 74.4 Å². The van der Waals surface area contributed by atoms with E-state index in [0.29, 0.717) is 0 Å². The third-order valence-corrected chi connectivity index (χ3v) is 0. The molecule has 0 spiro atoms. The summed E-state index contributed by atoms with van der Waals surface area (Å²) in [7, 11) is 0. The summed E-state index contributed by atoms with van der Waals surface area (Å²) in [5, 5.41) is 0. The average Bonchev–Trinajstić information content (AvgIpc) is 0. The van der Waals surface area contributed by atoms with Crippen LogP contribution in [0.1, 0.15) is 0 Å². The van der Waals surface area contributed by atoms with Crippen LogP contribution in [-0.4, -0.2) is 0 Å². The average molecular weight is 527 g/mol. The Balaban J connectivity index is 0. The molecule has 0 heterocycles. The van der Waals surface area contributed by atoms with E-state index in [-0.39, 0.29) is 154 Å². The number of rotatable bonds is 0. The van der Waals surface area contributed by atoms with Gasteiger partial charge in [0.05, 0.1) is 0 Å². The maximum Gasteiger partial charge on any atom is 3.00 e. The topological polar surface area (TPSA) is 0 Å². The van der Waals surface area contributed by atoms with Crippen molar-refractivity contribution >= 4 is 0 Å². The quantitative estimate of drug-likeness (QED) is 0.294. The standard InChI is InChI=1S/6ClH.2Gd/h6*1H;;/q;;;;;;2*+3/p-6. The zero-order chi connectivity index (χ0) is 0. The maximum atomic E-state index is 0. The van der Waals surface area contributed by atoms with Crippen LogP contribution in [0.25, 0.3) is 0 Å². The molecule has 0 rings (SSSR count). The van der Waals surface area contributed by atoms with Crippen LogP contribution in [0, 0.1) is 79.9 Å². The minimum Gasteiger partial charge on any atom is -1.00 e. The molecule has 58 valence electrons. The Morgan fingerprint density at radius 1 is 0.250 bits per heavy atom. The van der Waals surface area contributed by atoms with Gasteiger partial charge in [-0.25, -0.2) is 0 Å². The summed E-state index contributed by atoms with van der Waals surface area (Å²) >= 11 is 0. The van der Waals surface area contributed by atoms with Gasteiger partial charge in [0.25, 0.3) is 0 Å². The Morgan fingerprint density at radius 2 is 0.250 bits per heavy atom. The first-order valence-electron chi connectivity index (χ1n) is 0. The second kappa shape index (κ2) is 63.8. The molecule has 0 unspecified atom stereocenters. The van der Waals surface area contributed by atoms with Crippen molar-refractivity contribution in [2.45, 2.75) is 0 Å². The Bertz CT molecular complexity index is 6.49. The van der Waals surface area contributed by atoms with Crippen LogP contribution in [0.5, 0.6) is 0 Å². The van der Waals surface area contributed by atoms with Gasteiger partial charge in [-0.3, -0.25) is 0 Å². The summed E-state index contributed by atoms with van der Waals surface area (Å²) in [6.07, 6.45) is 0. The van der Waals surface area contributed by atoms with Crippen LogP contribution in [0.15, 0.2) is 0 Å². The van der Waals surface area contributed by atoms with Crippen LogP contribution in [0.3, 0.4) is 0 Å². The molecule has 0 aliphatic rings. The minimum atomic E-state index is 0. The van der Waals surface area contributed by atoms with Crippen molar-refractivity contribution in [2.75, 3.05) is 0 Å². The van der Waals surface area contributed by atoms with Gasteiger partial charge in [0.15, 0.2) is 0 Å². The van der Waals surface area contributed by atoms with E-state index >= 15 is 0 Å². The van der Waals surface area contributed by atoms with Crippen molar-refractivity contribution in [1.29, 1.82) is 0 Å². The molecule has 0 nitrogen and oxygen atoms in total. The van der Waals surface area contributed by atoms with E-state index in [4.69, 9.17) is 0 Å². The smallest absolute Gasteiger partial charge is 1.00 e. The van der Waals surface area contributed by atoms with E-state index in [0.717, 1.165) is 0 Å². The third-order valence-electron chi connectivity index (χ3n) is 0. The molecule has 8 heavy (non-hydrogen) atoms. The zero-order valence-corrected chi connectivity index (χ0v) is 12.0. The molecule has 0 bridgehead atoms. The van der Waals surface area contributed by atoms with Crippen molar-refractivity contribution in [3.05, 3.63) is 0 Å². The predicted octanol–water partition coefficient (Wildman–Crippen LogP) is -18.0. The zero-order valence-electron chi connectivity index (χ0n) is 2.97. The van der Waals surface area contributed by atoms with Crippen molar-refractivity contribution in [3.63, 3.8) is 0 Å². The molecule has 0 saturated carbocycles. The Morgan fingerprint density at radius 3 is 0.250 bits per heavy atom. The van der Waals surface area contributed by atoms with Gasteiger partial charge in [-0.2, -0.15) is 0 Å². The Kier molecular flexibility index (Phi) is 665. The number of hydrogen-bond donors (Lipinski definition) is 0. The minimum absolute atomic E-state index is 0. The van der Waals surface area contributed by atoms with E-state index in [9.17, 15) is 0 Å². The molecule has 0 aliphatic carbocycles. The summed E-state index contributed by atoms with van der Waals surface area (Å²) in [5.41, 5.74) is 0. The molecule has 0 atom stereocenters. The molecule has 2 radical (unpaired) electrons. The molecule has 0 N–H and O–H groups in total. The SMILES string of the molecule is [Cl-].[Cl-].[Cl-].[Cl-].[Cl-].[Cl-].[Gd+3].[Gd+3]. The number of halogens is 6. The van der Waals surface area contributed by atoms with Gasteiger partial charge in [-0.1, -0.05) is 0 Å². The van der Waals surface area contributed by atoms with Crippen LogP contribution >= 0.6 is 0 Å². The Hall–Kier alpha value is 4.39. The van der Waals surface area contributed by atoms with E-state index in [1.54, 1.807) is 0 Å². The molecule has 0 saturated heterocycles. The molecule has 0 amide bonds. The van der Waals surface area contributed by atoms with E-state index in [2.05, 4.69) is 0 Å². The molecular formula is Cl6Gd2. The predicted molar refractivity (Wildman–Crippen MR) is 0 cm³/mol. The van der Waals surface area contributed by atoms with Crippen LogP contribution in [-0.2, 0) is 0 Å². The van der Waals surface area contributed by atoms with Crippen LogP contribution in [0.2, 0.25) is 0 Å². The van der Waals surface area contributed by atoms with Gasteiger partial charge in [0, 0.05) is 0 Å². The van der Waals surface area contributed by atoms with Gasteiger partial charge in [-0.15, -0.1) is 0 Å². The van der Waals surface area contributed by atoms with Crippen LogP contribution < -0.4 is 74.4 Å². The molecular weight excluding hydrogens is 527 g/mol. The van der Waals surface area contributed by atoms with E-state index in [1.165, 1.54) is 0 Å². The second-order valence-corrected chi connectivity index (χ2v) is 0. The molecule has 0 aliphatic heterocycles.